The Morgan fingerprint density at radius 3 is 1.84 bits per heavy atom. The van der Waals surface area contributed by atoms with Crippen molar-refractivity contribution in [2.24, 2.45) is 10.2 Å². The second-order valence-electron chi connectivity index (χ2n) is 9.05. The Morgan fingerprint density at radius 2 is 1.27 bits per heavy atom. The molecule has 0 spiro atoms. The van der Waals surface area contributed by atoms with Crippen molar-refractivity contribution >= 4 is 49.0 Å². The molecule has 0 saturated heterocycles. The zero-order chi connectivity index (χ0) is 31.3. The lowest BCUT2D eigenvalue weighted by Gasteiger charge is -2.12. The van der Waals surface area contributed by atoms with Gasteiger partial charge in [0.15, 0.2) is 0 Å². The number of pyridine rings is 2. The van der Waals surface area contributed by atoms with Crippen LogP contribution in [0.1, 0.15) is 10.4 Å². The number of carboxylic acid groups (broad SMARTS) is 1. The number of aromatic carboxylic acids is 1. The molecule has 0 aliphatic carbocycles. The Labute approximate surface area is 251 Å². The van der Waals surface area contributed by atoms with Gasteiger partial charge in [-0.25, -0.2) is 31.6 Å². The van der Waals surface area contributed by atoms with Crippen LogP contribution in [-0.2, 0) is 20.0 Å². The summed E-state index contributed by atoms with van der Waals surface area (Å²) in [6.07, 6.45) is 2.88. The third-order valence-corrected chi connectivity index (χ3v) is 8.77. The number of azo groups is 1. The molecule has 0 fully saturated rings. The SMILES string of the molecule is O=C(O)c1cc(N=Nc2ccc(S(=O)(=O)Nc3ccccn3)cc2-c2ccc(S(=O)(=O)Nc3ccccn3)cc2)ccc1O. The monoisotopic (exact) mass is 630 g/mol. The van der Waals surface area contributed by atoms with Crippen LogP contribution in [0.4, 0.5) is 23.0 Å². The molecule has 15 heteroatoms. The number of sulfonamides is 2. The molecule has 0 unspecified atom stereocenters. The van der Waals surface area contributed by atoms with Crippen molar-refractivity contribution in [1.29, 1.82) is 0 Å². The van der Waals surface area contributed by atoms with Crippen LogP contribution in [0.5, 0.6) is 5.75 Å². The number of aromatic nitrogens is 2. The van der Waals surface area contributed by atoms with E-state index < -0.39 is 31.8 Å². The predicted octanol–water partition coefficient (Wildman–Crippen LogP) is 5.56. The first kappa shape index (κ1) is 29.8. The first-order valence-electron chi connectivity index (χ1n) is 12.6. The van der Waals surface area contributed by atoms with E-state index in [9.17, 15) is 31.8 Å². The van der Waals surface area contributed by atoms with E-state index in [1.807, 2.05) is 0 Å². The number of nitrogens with one attached hydrogen (secondary N) is 2. The number of nitrogens with zero attached hydrogens (tertiary/aromatic N) is 4. The van der Waals surface area contributed by atoms with Crippen molar-refractivity contribution in [2.75, 3.05) is 9.44 Å². The van der Waals surface area contributed by atoms with Gasteiger partial charge in [-0.3, -0.25) is 9.44 Å². The van der Waals surface area contributed by atoms with E-state index >= 15 is 0 Å². The molecule has 0 aliphatic heterocycles. The quantitative estimate of drug-likeness (QED) is 0.142. The van der Waals surface area contributed by atoms with Crippen molar-refractivity contribution in [1.82, 2.24) is 9.97 Å². The summed E-state index contributed by atoms with van der Waals surface area (Å²) in [6.45, 7) is 0. The number of rotatable bonds is 10. The van der Waals surface area contributed by atoms with Crippen LogP contribution in [-0.4, -0.2) is 43.0 Å². The largest absolute Gasteiger partial charge is 0.507 e. The highest BCUT2D eigenvalue weighted by Gasteiger charge is 2.20. The molecular weight excluding hydrogens is 608 g/mol. The lowest BCUT2D eigenvalue weighted by molar-refractivity contribution is 0.0693. The number of benzene rings is 3. The zero-order valence-corrected chi connectivity index (χ0v) is 24.1. The van der Waals surface area contributed by atoms with Gasteiger partial charge in [-0.15, -0.1) is 5.11 Å². The maximum absolute atomic E-state index is 13.2. The lowest BCUT2D eigenvalue weighted by atomic mass is 10.0. The van der Waals surface area contributed by atoms with Gasteiger partial charge < -0.3 is 10.2 Å². The number of carbonyl (C=O) groups is 1. The molecule has 222 valence electrons. The van der Waals surface area contributed by atoms with E-state index in [4.69, 9.17) is 0 Å². The van der Waals surface area contributed by atoms with E-state index in [2.05, 4.69) is 29.6 Å². The summed E-state index contributed by atoms with van der Waals surface area (Å²) in [5, 5.41) is 27.4. The summed E-state index contributed by atoms with van der Waals surface area (Å²) in [7, 11) is -8.09. The maximum atomic E-state index is 13.2. The minimum absolute atomic E-state index is 0.0685. The van der Waals surface area contributed by atoms with Gasteiger partial charge in [0.05, 0.1) is 21.2 Å². The number of phenols is 1. The van der Waals surface area contributed by atoms with Crippen molar-refractivity contribution in [2.45, 2.75) is 9.79 Å². The van der Waals surface area contributed by atoms with Gasteiger partial charge in [0.2, 0.25) is 0 Å². The highest BCUT2D eigenvalue weighted by atomic mass is 32.2. The molecule has 0 amide bonds. The number of hydrogen-bond donors (Lipinski definition) is 4. The average Bonchev–Trinajstić information content (AvgIpc) is 3.01. The van der Waals surface area contributed by atoms with Crippen molar-refractivity contribution in [3.63, 3.8) is 0 Å². The molecule has 4 N–H and O–H groups in total. The number of anilines is 2. The summed E-state index contributed by atoms with van der Waals surface area (Å²) in [6, 6.07) is 22.9. The Hall–Kier alpha value is -5.67. The Kier molecular flexibility index (Phi) is 8.32. The van der Waals surface area contributed by atoms with Crippen LogP contribution in [0, 0.1) is 0 Å². The van der Waals surface area contributed by atoms with Gasteiger partial charge in [-0.2, -0.15) is 5.11 Å². The maximum Gasteiger partial charge on any atom is 0.339 e. The van der Waals surface area contributed by atoms with Crippen LogP contribution in [0.2, 0.25) is 0 Å². The van der Waals surface area contributed by atoms with E-state index in [-0.39, 0.29) is 43.9 Å². The van der Waals surface area contributed by atoms with Gasteiger partial charge in [0.1, 0.15) is 22.9 Å². The molecule has 0 atom stereocenters. The summed E-state index contributed by atoms with van der Waals surface area (Å²) in [5.74, 6) is -1.56. The molecule has 2 heterocycles. The smallest absolute Gasteiger partial charge is 0.339 e. The first-order chi connectivity index (χ1) is 21.0. The van der Waals surface area contributed by atoms with Crippen LogP contribution in [0.3, 0.4) is 0 Å². The lowest BCUT2D eigenvalue weighted by Crippen LogP contribution is -2.14. The highest BCUT2D eigenvalue weighted by molar-refractivity contribution is 7.93. The van der Waals surface area contributed by atoms with E-state index in [0.29, 0.717) is 5.56 Å². The summed E-state index contributed by atoms with van der Waals surface area (Å²) < 4.78 is 57.0. The van der Waals surface area contributed by atoms with Crippen LogP contribution in [0.15, 0.2) is 129 Å². The van der Waals surface area contributed by atoms with E-state index in [0.717, 1.165) is 12.1 Å². The number of hydrogen-bond acceptors (Lipinski definition) is 10. The molecule has 0 aliphatic rings. The molecule has 44 heavy (non-hydrogen) atoms. The molecular formula is C29H22N6O7S2. The first-order valence-corrected chi connectivity index (χ1v) is 15.6. The Balaban J connectivity index is 1.54. The molecule has 2 aromatic heterocycles. The van der Waals surface area contributed by atoms with Crippen LogP contribution >= 0.6 is 0 Å². The van der Waals surface area contributed by atoms with Gasteiger partial charge in [-0.05, 0) is 78.4 Å². The number of aromatic hydroxyl groups is 1. The van der Waals surface area contributed by atoms with Gasteiger partial charge in [-0.1, -0.05) is 24.3 Å². The Morgan fingerprint density at radius 1 is 0.682 bits per heavy atom. The van der Waals surface area contributed by atoms with Crippen LogP contribution in [0.25, 0.3) is 11.1 Å². The van der Waals surface area contributed by atoms with Gasteiger partial charge in [0.25, 0.3) is 20.0 Å². The predicted molar refractivity (Wildman–Crippen MR) is 161 cm³/mol. The third-order valence-electron chi connectivity index (χ3n) is 6.05. The molecule has 13 nitrogen and oxygen atoms in total. The molecule has 0 bridgehead atoms. The molecule has 5 rings (SSSR count). The van der Waals surface area contributed by atoms with Gasteiger partial charge >= 0.3 is 5.97 Å². The summed E-state index contributed by atoms with van der Waals surface area (Å²) in [4.78, 5) is 19.2. The molecule has 3 aromatic carbocycles. The second kappa shape index (κ2) is 12.3. The van der Waals surface area contributed by atoms with Crippen LogP contribution < -0.4 is 9.44 Å². The zero-order valence-electron chi connectivity index (χ0n) is 22.4. The van der Waals surface area contributed by atoms with Crippen molar-refractivity contribution in [3.8, 4) is 16.9 Å². The average molecular weight is 631 g/mol. The normalized spacial score (nSPS) is 11.7. The molecule has 0 radical (unpaired) electrons. The second-order valence-corrected chi connectivity index (χ2v) is 12.4. The van der Waals surface area contributed by atoms with E-state index in [1.165, 1.54) is 73.1 Å². The highest BCUT2D eigenvalue weighted by Crippen LogP contribution is 2.35. The van der Waals surface area contributed by atoms with Crippen molar-refractivity contribution in [3.05, 3.63) is 115 Å². The Bertz CT molecular complexity index is 2070. The minimum atomic E-state index is -4.10. The fourth-order valence-electron chi connectivity index (χ4n) is 3.92. The fraction of sp³-hybridized carbons (Fsp3) is 0. The topological polar surface area (TPSA) is 200 Å². The fourth-order valence-corrected chi connectivity index (χ4v) is 5.97. The molecule has 0 saturated carbocycles. The summed E-state index contributed by atoms with van der Waals surface area (Å²) in [5.41, 5.74) is 0.606. The van der Waals surface area contributed by atoms with Crippen molar-refractivity contribution < 1.29 is 31.8 Å². The minimum Gasteiger partial charge on any atom is -0.507 e. The molecule has 5 aromatic rings. The van der Waals surface area contributed by atoms with E-state index in [1.54, 1.807) is 24.3 Å². The van der Waals surface area contributed by atoms with Gasteiger partial charge in [0, 0.05) is 18.0 Å². The number of carboxylic acids is 1. The standard InChI is InChI=1S/C29H22N6O7S2/c36-26-14-9-20(17-24(26)29(37)38)32-33-25-13-12-22(44(41,42)35-28-6-2-4-16-31-28)18-23(25)19-7-10-21(11-8-19)43(39,40)34-27-5-1-3-15-30-27/h1-18,36H,(H,30,34)(H,31,35)(H,37,38). The third kappa shape index (κ3) is 6.86. The summed E-state index contributed by atoms with van der Waals surface area (Å²) >= 11 is 0.